The fraction of sp³-hybridized carbons (Fsp3) is 0.235. The van der Waals surface area contributed by atoms with Gasteiger partial charge in [0.05, 0.1) is 5.75 Å². The molecule has 0 bridgehead atoms. The highest BCUT2D eigenvalue weighted by Gasteiger charge is 2.08. The highest BCUT2D eigenvalue weighted by Crippen LogP contribution is 2.21. The van der Waals surface area contributed by atoms with E-state index in [2.05, 4.69) is 13.8 Å². The van der Waals surface area contributed by atoms with Crippen LogP contribution in [-0.2, 0) is 0 Å². The van der Waals surface area contributed by atoms with Crippen LogP contribution in [-0.4, -0.2) is 11.5 Å². The number of thioether (sulfide) groups is 1. The smallest absolute Gasteiger partial charge is 0.173 e. The molecule has 0 unspecified atom stereocenters. The Morgan fingerprint density at radius 2 is 1.85 bits per heavy atom. The third kappa shape index (κ3) is 3.94. The van der Waals surface area contributed by atoms with Crippen LogP contribution in [0.2, 0.25) is 0 Å². The molecule has 2 aromatic carbocycles. The molecule has 0 heterocycles. The summed E-state index contributed by atoms with van der Waals surface area (Å²) in [6.45, 7) is 4.24. The molecule has 0 aromatic heterocycles. The fourth-order valence-corrected chi connectivity index (χ4v) is 2.68. The average Bonchev–Trinajstić information content (AvgIpc) is 2.45. The SMILES string of the molecule is CC(C)c1ccc(C(=O)CSc2cccc(F)c2)cc1. The first kappa shape index (κ1) is 14.8. The zero-order valence-corrected chi connectivity index (χ0v) is 12.4. The van der Waals surface area contributed by atoms with Crippen LogP contribution in [0.15, 0.2) is 53.4 Å². The highest BCUT2D eigenvalue weighted by atomic mass is 32.2. The van der Waals surface area contributed by atoms with Gasteiger partial charge in [0.25, 0.3) is 0 Å². The minimum Gasteiger partial charge on any atom is -0.293 e. The van der Waals surface area contributed by atoms with Gasteiger partial charge in [0, 0.05) is 10.5 Å². The monoisotopic (exact) mass is 288 g/mol. The number of rotatable bonds is 5. The summed E-state index contributed by atoms with van der Waals surface area (Å²) in [5, 5.41) is 0. The van der Waals surface area contributed by atoms with Crippen molar-refractivity contribution in [3.8, 4) is 0 Å². The number of carbonyl (C=O) groups excluding carboxylic acids is 1. The van der Waals surface area contributed by atoms with Gasteiger partial charge in [-0.3, -0.25) is 4.79 Å². The van der Waals surface area contributed by atoms with Crippen molar-refractivity contribution in [3.05, 3.63) is 65.5 Å². The quantitative estimate of drug-likeness (QED) is 0.573. The summed E-state index contributed by atoms with van der Waals surface area (Å²) in [4.78, 5) is 12.8. The number of halogens is 1. The lowest BCUT2D eigenvalue weighted by Gasteiger charge is -2.06. The molecule has 0 atom stereocenters. The Morgan fingerprint density at radius 3 is 2.45 bits per heavy atom. The second-order valence-corrected chi connectivity index (χ2v) is 5.99. The van der Waals surface area contributed by atoms with Crippen LogP contribution in [0.5, 0.6) is 0 Å². The van der Waals surface area contributed by atoms with Crippen LogP contribution < -0.4 is 0 Å². The Morgan fingerprint density at radius 1 is 1.15 bits per heavy atom. The van der Waals surface area contributed by atoms with E-state index in [0.717, 1.165) is 4.90 Å². The predicted octanol–water partition coefficient (Wildman–Crippen LogP) is 4.92. The highest BCUT2D eigenvalue weighted by molar-refractivity contribution is 8.00. The van der Waals surface area contributed by atoms with Gasteiger partial charge in [-0.1, -0.05) is 44.2 Å². The van der Waals surface area contributed by atoms with Gasteiger partial charge in [-0.05, 0) is 29.7 Å². The summed E-state index contributed by atoms with van der Waals surface area (Å²) < 4.78 is 13.0. The molecule has 1 nitrogen and oxygen atoms in total. The summed E-state index contributed by atoms with van der Waals surface area (Å²) in [5.41, 5.74) is 1.93. The van der Waals surface area contributed by atoms with Gasteiger partial charge in [-0.2, -0.15) is 0 Å². The van der Waals surface area contributed by atoms with Gasteiger partial charge in [-0.25, -0.2) is 4.39 Å². The van der Waals surface area contributed by atoms with E-state index in [1.165, 1.54) is 29.5 Å². The lowest BCUT2D eigenvalue weighted by Crippen LogP contribution is -2.02. The van der Waals surface area contributed by atoms with Crippen LogP contribution in [0.25, 0.3) is 0 Å². The summed E-state index contributed by atoms with van der Waals surface area (Å²) in [6.07, 6.45) is 0. The molecule has 0 saturated carbocycles. The van der Waals surface area contributed by atoms with Crippen molar-refractivity contribution in [1.29, 1.82) is 0 Å². The van der Waals surface area contributed by atoms with Crippen LogP contribution in [0.1, 0.15) is 35.7 Å². The maximum absolute atomic E-state index is 13.0. The molecule has 0 N–H and O–H groups in total. The first-order valence-electron chi connectivity index (χ1n) is 6.58. The Kier molecular flexibility index (Phi) is 4.96. The minimum atomic E-state index is -0.274. The molecular formula is C17H17FOS. The van der Waals surface area contributed by atoms with E-state index in [0.29, 0.717) is 17.2 Å². The van der Waals surface area contributed by atoms with Gasteiger partial charge in [-0.15, -0.1) is 11.8 Å². The molecule has 104 valence electrons. The van der Waals surface area contributed by atoms with Crippen molar-refractivity contribution in [1.82, 2.24) is 0 Å². The van der Waals surface area contributed by atoms with E-state index in [1.54, 1.807) is 6.07 Å². The Labute approximate surface area is 123 Å². The zero-order valence-electron chi connectivity index (χ0n) is 11.6. The van der Waals surface area contributed by atoms with E-state index in [-0.39, 0.29) is 11.6 Å². The molecule has 0 radical (unpaired) electrons. The molecule has 0 fully saturated rings. The van der Waals surface area contributed by atoms with Crippen molar-refractivity contribution >= 4 is 17.5 Å². The van der Waals surface area contributed by atoms with Crippen molar-refractivity contribution in [2.75, 3.05) is 5.75 Å². The fourth-order valence-electron chi connectivity index (χ4n) is 1.84. The average molecular weight is 288 g/mol. The van der Waals surface area contributed by atoms with Gasteiger partial charge < -0.3 is 0 Å². The Balaban J connectivity index is 1.98. The third-order valence-corrected chi connectivity index (χ3v) is 4.06. The summed E-state index contributed by atoms with van der Waals surface area (Å²) in [5.74, 6) is 0.573. The first-order valence-corrected chi connectivity index (χ1v) is 7.56. The standard InChI is InChI=1S/C17H17FOS/c1-12(2)13-6-8-14(9-7-13)17(19)11-20-16-5-3-4-15(18)10-16/h3-10,12H,11H2,1-2H3. The molecule has 0 aliphatic carbocycles. The molecule has 2 aromatic rings. The normalized spacial score (nSPS) is 10.8. The summed E-state index contributed by atoms with van der Waals surface area (Å²) in [7, 11) is 0. The minimum absolute atomic E-state index is 0.0644. The van der Waals surface area contributed by atoms with Crippen molar-refractivity contribution in [2.24, 2.45) is 0 Å². The first-order chi connectivity index (χ1) is 9.56. The molecule has 0 saturated heterocycles. The molecule has 0 aliphatic rings. The number of ketones is 1. The van der Waals surface area contributed by atoms with Crippen molar-refractivity contribution < 1.29 is 9.18 Å². The lowest BCUT2D eigenvalue weighted by molar-refractivity contribution is 0.102. The third-order valence-electron chi connectivity index (χ3n) is 3.07. The molecule has 2 rings (SSSR count). The van der Waals surface area contributed by atoms with Crippen LogP contribution in [0, 0.1) is 5.82 Å². The van der Waals surface area contributed by atoms with Crippen molar-refractivity contribution in [3.63, 3.8) is 0 Å². The second-order valence-electron chi connectivity index (χ2n) is 4.95. The number of hydrogen-bond donors (Lipinski definition) is 0. The van der Waals surface area contributed by atoms with Crippen molar-refractivity contribution in [2.45, 2.75) is 24.7 Å². The van der Waals surface area contributed by atoms with Gasteiger partial charge in [0.15, 0.2) is 5.78 Å². The van der Waals surface area contributed by atoms with Gasteiger partial charge in [0.2, 0.25) is 0 Å². The summed E-state index contributed by atoms with van der Waals surface area (Å²) in [6, 6.07) is 14.0. The second kappa shape index (κ2) is 6.71. The number of benzene rings is 2. The zero-order chi connectivity index (χ0) is 14.5. The molecule has 3 heteroatoms. The predicted molar refractivity (Wildman–Crippen MR) is 82.0 cm³/mol. The van der Waals surface area contributed by atoms with E-state index in [4.69, 9.17) is 0 Å². The summed E-state index contributed by atoms with van der Waals surface area (Å²) >= 11 is 1.36. The Hall–Kier alpha value is -1.61. The topological polar surface area (TPSA) is 17.1 Å². The van der Waals surface area contributed by atoms with Gasteiger partial charge in [0.1, 0.15) is 5.82 Å². The number of hydrogen-bond acceptors (Lipinski definition) is 2. The number of carbonyl (C=O) groups is 1. The molecule has 0 spiro atoms. The van der Waals surface area contributed by atoms with E-state index in [1.807, 2.05) is 30.3 Å². The maximum Gasteiger partial charge on any atom is 0.173 e. The maximum atomic E-state index is 13.0. The lowest BCUT2D eigenvalue weighted by atomic mass is 10.0. The molecule has 0 aliphatic heterocycles. The van der Waals surface area contributed by atoms with Crippen LogP contribution in [0.4, 0.5) is 4.39 Å². The number of Topliss-reactive ketones (excluding diaryl/α,β-unsaturated/α-hetero) is 1. The van der Waals surface area contributed by atoms with E-state index >= 15 is 0 Å². The molecule has 0 amide bonds. The van der Waals surface area contributed by atoms with Gasteiger partial charge >= 0.3 is 0 Å². The van der Waals surface area contributed by atoms with Crippen LogP contribution in [0.3, 0.4) is 0 Å². The Bertz CT molecular complexity index is 590. The van der Waals surface area contributed by atoms with E-state index in [9.17, 15) is 9.18 Å². The van der Waals surface area contributed by atoms with E-state index < -0.39 is 0 Å². The molecular weight excluding hydrogens is 271 g/mol. The van der Waals surface area contributed by atoms with Crippen LogP contribution >= 0.6 is 11.8 Å². The largest absolute Gasteiger partial charge is 0.293 e. The molecule has 20 heavy (non-hydrogen) atoms.